The molecule has 4 amide bonds. The van der Waals surface area contributed by atoms with Gasteiger partial charge in [0.25, 0.3) is 0 Å². The first-order chi connectivity index (χ1) is 69.9. The van der Waals surface area contributed by atoms with Crippen LogP contribution in [0.1, 0.15) is 53.9 Å². The maximum absolute atomic E-state index is 14.5. The third-order valence-corrected chi connectivity index (χ3v) is 23.3. The quantitative estimate of drug-likeness (QED) is 0.0337. The highest BCUT2D eigenvalue weighted by atomic mass is 19.1. The lowest BCUT2D eigenvalue weighted by Crippen LogP contribution is -2.17. The molecule has 0 spiro atoms. The number of halogens is 2. The molecule has 0 aliphatic rings. The number of H-pyrrole nitrogens is 8. The van der Waals surface area contributed by atoms with Gasteiger partial charge in [-0.2, -0.15) is 20.4 Å². The lowest BCUT2D eigenvalue weighted by molar-refractivity contribution is -0.119. The lowest BCUT2D eigenvalue weighted by Gasteiger charge is -2.09. The third-order valence-electron chi connectivity index (χ3n) is 23.3. The molecule has 0 fully saturated rings. The molecule has 0 saturated heterocycles. The predicted molar refractivity (Wildman–Crippen MR) is 537 cm³/mol. The average molecular weight is 1890 g/mol. The topological polar surface area (TPSA) is 526 Å². The van der Waals surface area contributed by atoms with Gasteiger partial charge in [-0.1, -0.05) is 71.0 Å². The zero-order valence-electron chi connectivity index (χ0n) is 76.3. The first kappa shape index (κ1) is 89.6. The van der Waals surface area contributed by atoms with Gasteiger partial charge >= 0.3 is 0 Å². The first-order valence-electron chi connectivity index (χ1n) is 45.0. The molecule has 38 nitrogen and oxygen atoms in total. The molecule has 12 N–H and O–H groups in total. The number of carbonyl (C=O) groups is 4. The Labute approximate surface area is 806 Å². The highest BCUT2D eigenvalue weighted by Gasteiger charge is 2.25. The number of pyridine rings is 14. The van der Waals surface area contributed by atoms with Crippen molar-refractivity contribution in [2.45, 2.75) is 53.9 Å². The van der Waals surface area contributed by atoms with Crippen molar-refractivity contribution in [1.82, 2.24) is 150 Å². The Kier molecular flexibility index (Phi) is 24.4. The Hall–Kier alpha value is -20.0. The summed E-state index contributed by atoms with van der Waals surface area (Å²) < 4.78 is 27.9. The van der Waals surface area contributed by atoms with Crippen molar-refractivity contribution in [3.63, 3.8) is 0 Å². The maximum atomic E-state index is 14.5. The van der Waals surface area contributed by atoms with Gasteiger partial charge in [0, 0.05) is 202 Å². The zero-order valence-corrected chi connectivity index (χ0v) is 76.3. The number of amides is 4. The van der Waals surface area contributed by atoms with Gasteiger partial charge in [-0.05, 0) is 96.1 Å². The van der Waals surface area contributed by atoms with Crippen LogP contribution < -0.4 is 21.3 Å². The Bertz CT molecular complexity index is 8960. The number of hydrogen-bond donors (Lipinski definition) is 12. The molecule has 22 aromatic heterocycles. The highest BCUT2D eigenvalue weighted by Crippen LogP contribution is 2.40. The van der Waals surface area contributed by atoms with E-state index in [1.807, 2.05) is 86.6 Å². The molecule has 2 aromatic carbocycles. The summed E-state index contributed by atoms with van der Waals surface area (Å²) in [5.41, 5.74) is 26.2. The molecule has 24 aromatic rings. The van der Waals surface area contributed by atoms with E-state index in [1.165, 1.54) is 18.2 Å². The summed E-state index contributed by atoms with van der Waals surface area (Å²) in [4.78, 5) is 141. The number of rotatable bonds is 20. The minimum atomic E-state index is -0.344. The standard InChI is InChI=1S/2C26H19FN8O.C26H21N9O.C25H19N9O/c1-2-22(36)31-18-7-15(9-28-11-18)16-8-19-24(34-35-25(19)30-10-16)26-32-21-13-29-12-20(23(21)33-26)14-3-5-17(27)6-4-14;1-2-22(36)31-16-7-14(9-28-11-16)15-8-18-24(34-35-25(18)30-10-15)26-32-21-13-29-12-19(23(21)33-26)17-5-3-4-6-20(17)27;1-14(2)26(36)31-18-6-16(9-28-11-18)17-7-19-23(34-35-24(19)30-10-17)25-32-21-13-29-12-20(22(21)33-25)15-4-3-5-27-8-15;1-2-21(35)30-17-7-15(9-27-11-17)16-8-18-23(33-34-24(18)29-10-16)25-31-20-13-28-12-19(22(20)32-25)14-3-5-26-6-4-14/h2*3-13H,2H2,1H3,(H,31,36)(H,32,33)(H,30,34,35);3-14H,1-2H3,(H,31,36)(H,32,33)(H,30,34,35);3-13H,2H2,1H3,(H,30,35)(H,31,32)(H,29,33,34). The summed E-state index contributed by atoms with van der Waals surface area (Å²) in [7, 11) is 0. The third kappa shape index (κ3) is 18.7. The highest BCUT2D eigenvalue weighted by molar-refractivity contribution is 6.04. The van der Waals surface area contributed by atoms with Crippen molar-refractivity contribution in [1.29, 1.82) is 0 Å². The van der Waals surface area contributed by atoms with Crippen LogP contribution in [-0.4, -0.2) is 174 Å². The average Bonchev–Trinajstić information content (AvgIpc) is 1.63. The van der Waals surface area contributed by atoms with Gasteiger partial charge in [0.05, 0.1) is 127 Å². The van der Waals surface area contributed by atoms with E-state index in [4.69, 9.17) is 19.9 Å². The molecule has 0 aliphatic heterocycles. The van der Waals surface area contributed by atoms with Crippen molar-refractivity contribution in [3.8, 4) is 135 Å². The van der Waals surface area contributed by atoms with Gasteiger partial charge in [0.1, 0.15) is 45.4 Å². The van der Waals surface area contributed by atoms with Gasteiger partial charge in [-0.15, -0.1) is 0 Å². The summed E-state index contributed by atoms with van der Waals surface area (Å²) in [5.74, 6) is 1.28. The van der Waals surface area contributed by atoms with E-state index in [0.29, 0.717) is 133 Å². The van der Waals surface area contributed by atoms with Crippen molar-refractivity contribution in [2.75, 3.05) is 21.3 Å². The van der Waals surface area contributed by atoms with Gasteiger partial charge in [0.15, 0.2) is 45.9 Å². The van der Waals surface area contributed by atoms with Crippen LogP contribution in [0, 0.1) is 17.6 Å². The summed E-state index contributed by atoms with van der Waals surface area (Å²) in [6.07, 6.45) is 42.1. The molecule has 0 bridgehead atoms. The molecule has 143 heavy (non-hydrogen) atoms. The zero-order chi connectivity index (χ0) is 97.7. The number of hydrogen-bond acceptors (Lipinski definition) is 26. The number of imidazole rings is 4. The Balaban J connectivity index is 0.000000113. The fourth-order valence-corrected chi connectivity index (χ4v) is 16.1. The second-order valence-electron chi connectivity index (χ2n) is 33.1. The van der Waals surface area contributed by atoms with E-state index in [-0.39, 0.29) is 41.2 Å². The number of benzene rings is 2. The van der Waals surface area contributed by atoms with E-state index >= 15 is 0 Å². The van der Waals surface area contributed by atoms with Crippen molar-refractivity contribution in [2.24, 2.45) is 5.92 Å². The van der Waals surface area contributed by atoms with Crippen LogP contribution in [0.15, 0.2) is 270 Å². The molecule has 24 rings (SSSR count). The second-order valence-corrected chi connectivity index (χ2v) is 33.1. The molecule has 0 radical (unpaired) electrons. The minimum absolute atomic E-state index is 0.0651. The smallest absolute Gasteiger partial charge is 0.226 e. The number of carbonyl (C=O) groups excluding carboxylic acids is 4. The van der Waals surface area contributed by atoms with Crippen LogP contribution in [0.3, 0.4) is 0 Å². The second kappa shape index (κ2) is 39.0. The molecular weight excluding hydrogens is 1820 g/mol. The van der Waals surface area contributed by atoms with E-state index < -0.39 is 0 Å². The molecule has 0 unspecified atom stereocenters. The molecule has 0 aliphatic carbocycles. The monoisotopic (exact) mass is 1890 g/mol. The van der Waals surface area contributed by atoms with Crippen LogP contribution in [-0.2, 0) is 19.2 Å². The predicted octanol–water partition coefficient (Wildman–Crippen LogP) is 19.2. The lowest BCUT2D eigenvalue weighted by atomic mass is 10.1. The van der Waals surface area contributed by atoms with Crippen LogP contribution in [0.25, 0.3) is 223 Å². The number of anilines is 4. The van der Waals surface area contributed by atoms with Crippen LogP contribution in [0.5, 0.6) is 0 Å². The van der Waals surface area contributed by atoms with Gasteiger partial charge in [-0.25, -0.2) is 48.7 Å². The fourth-order valence-electron chi connectivity index (χ4n) is 16.1. The molecule has 0 atom stereocenters. The molecular formula is C103H78F2N34O4. The van der Waals surface area contributed by atoms with Crippen LogP contribution in [0.4, 0.5) is 31.5 Å². The van der Waals surface area contributed by atoms with E-state index in [2.05, 4.69) is 152 Å². The first-order valence-corrected chi connectivity index (χ1v) is 45.0. The maximum Gasteiger partial charge on any atom is 0.226 e. The van der Waals surface area contributed by atoms with Crippen molar-refractivity contribution >= 4 is 135 Å². The SMILES string of the molecule is CC(C)C(=O)Nc1cncc(-c2cnc3n[nH]c(-c4nc5c(-c6cccnc6)cncc5[nH]4)c3c2)c1.CCC(=O)Nc1cncc(-c2cnc3n[nH]c(-c4nc5c(-c6ccc(F)cc6)cncc5[nH]4)c3c2)c1.CCC(=O)Nc1cncc(-c2cnc3n[nH]c(-c4nc5c(-c6ccccc6F)cncc5[nH]4)c3c2)c1.CCC(=O)Nc1cncc(-c2cnc3n[nH]c(-c4nc5c(-c6ccncc6)cncc5[nH]4)c3c2)c1. The number of fused-ring (bicyclic) bond motifs is 8. The molecule has 22 heterocycles. The summed E-state index contributed by atoms with van der Waals surface area (Å²) in [6.45, 7) is 9.08. The molecule has 0 saturated carbocycles. The summed E-state index contributed by atoms with van der Waals surface area (Å²) in [5, 5.41) is 44.0. The number of aromatic amines is 8. The van der Waals surface area contributed by atoms with E-state index in [0.717, 1.165) is 133 Å². The van der Waals surface area contributed by atoms with E-state index in [1.54, 1.807) is 200 Å². The minimum Gasteiger partial charge on any atom is -0.335 e. The number of nitrogens with zero attached hydrogens (tertiary/aromatic N) is 22. The number of nitrogens with one attached hydrogen (secondary N) is 12. The van der Waals surface area contributed by atoms with Gasteiger partial charge in [0.2, 0.25) is 23.6 Å². The Morgan fingerprint density at radius 3 is 0.965 bits per heavy atom. The molecule has 698 valence electrons. The Morgan fingerprint density at radius 2 is 0.615 bits per heavy atom. The van der Waals surface area contributed by atoms with E-state index in [9.17, 15) is 28.0 Å². The summed E-state index contributed by atoms with van der Waals surface area (Å²) >= 11 is 0. The Morgan fingerprint density at radius 1 is 0.294 bits per heavy atom. The fraction of sp³-hybridized carbons (Fsp3) is 0.0874. The van der Waals surface area contributed by atoms with Crippen molar-refractivity contribution < 1.29 is 28.0 Å². The normalized spacial score (nSPS) is 11.3. The van der Waals surface area contributed by atoms with Crippen LogP contribution >= 0.6 is 0 Å². The van der Waals surface area contributed by atoms with Gasteiger partial charge < -0.3 is 41.2 Å². The number of aromatic nitrogens is 30. The van der Waals surface area contributed by atoms with Crippen LogP contribution in [0.2, 0.25) is 0 Å². The van der Waals surface area contributed by atoms with Crippen molar-refractivity contribution in [3.05, 3.63) is 282 Å². The van der Waals surface area contributed by atoms with Gasteiger partial charge in [-0.3, -0.25) is 89.4 Å². The summed E-state index contributed by atoms with van der Waals surface area (Å²) in [6, 6.07) is 35.8. The largest absolute Gasteiger partial charge is 0.335 e. The molecule has 40 heteroatoms.